The number of likely N-dealkylation sites (tertiary alicyclic amines) is 1. The maximum Gasteiger partial charge on any atom is 0.225 e. The van der Waals surface area contributed by atoms with Gasteiger partial charge in [-0.25, -0.2) is 0 Å². The fraction of sp³-hybridized carbons (Fsp3) is 0.615. The van der Waals surface area contributed by atoms with Gasteiger partial charge in [0, 0.05) is 70.4 Å². The quantitative estimate of drug-likeness (QED) is 0.640. The molecule has 33 heavy (non-hydrogen) atoms. The minimum absolute atomic E-state index is 0.0926. The van der Waals surface area contributed by atoms with Crippen molar-refractivity contribution in [1.82, 2.24) is 19.6 Å². The fourth-order valence-corrected chi connectivity index (χ4v) is 4.99. The van der Waals surface area contributed by atoms with Crippen molar-refractivity contribution in [1.29, 1.82) is 0 Å². The van der Waals surface area contributed by atoms with Gasteiger partial charge in [-0.15, -0.1) is 0 Å². The summed E-state index contributed by atoms with van der Waals surface area (Å²) in [7, 11) is 4.06. The Hall–Kier alpha value is -2.38. The van der Waals surface area contributed by atoms with E-state index in [1.54, 1.807) is 0 Å². The third-order valence-corrected chi connectivity index (χ3v) is 6.69. The highest BCUT2D eigenvalue weighted by Crippen LogP contribution is 2.31. The third kappa shape index (κ3) is 6.58. The summed E-state index contributed by atoms with van der Waals surface area (Å²) in [6, 6.07) is 8.41. The van der Waals surface area contributed by atoms with Crippen molar-refractivity contribution in [3.05, 3.63) is 47.8 Å². The van der Waals surface area contributed by atoms with Crippen molar-refractivity contribution in [2.24, 2.45) is 13.0 Å². The second-order valence-electron chi connectivity index (χ2n) is 10.3. The number of ether oxygens (including phenoxy) is 2. The SMILES string of the molecule is CN(Cc1ccc(OC2CCN(C(=O)[C@H]3CCOC(C)(C)C3)CC2)cc1)Cc1cnn(C)c1. The van der Waals surface area contributed by atoms with Gasteiger partial charge in [-0.2, -0.15) is 5.10 Å². The van der Waals surface area contributed by atoms with Crippen LogP contribution >= 0.6 is 0 Å². The molecule has 0 N–H and O–H groups in total. The van der Waals surface area contributed by atoms with Gasteiger partial charge >= 0.3 is 0 Å². The van der Waals surface area contributed by atoms with Gasteiger partial charge in [-0.1, -0.05) is 12.1 Å². The number of benzene rings is 1. The number of nitrogens with zero attached hydrogens (tertiary/aromatic N) is 4. The van der Waals surface area contributed by atoms with Crippen LogP contribution in [-0.2, 0) is 29.7 Å². The molecule has 1 atom stereocenters. The lowest BCUT2D eigenvalue weighted by Gasteiger charge is -2.39. The Balaban J connectivity index is 1.21. The first-order valence-corrected chi connectivity index (χ1v) is 12.1. The molecule has 0 bridgehead atoms. The lowest BCUT2D eigenvalue weighted by atomic mass is 9.87. The summed E-state index contributed by atoms with van der Waals surface area (Å²) in [5.74, 6) is 1.30. The summed E-state index contributed by atoms with van der Waals surface area (Å²) in [6.07, 6.45) is 7.54. The predicted molar refractivity (Wildman–Crippen MR) is 128 cm³/mol. The lowest BCUT2D eigenvalue weighted by Crippen LogP contribution is -2.47. The molecule has 2 aliphatic rings. The molecule has 0 spiro atoms. The van der Waals surface area contributed by atoms with Gasteiger partial charge in [-0.3, -0.25) is 14.4 Å². The first-order valence-electron chi connectivity index (χ1n) is 12.1. The number of carbonyl (C=O) groups excluding carboxylic acids is 1. The van der Waals surface area contributed by atoms with Crippen molar-refractivity contribution >= 4 is 5.91 Å². The van der Waals surface area contributed by atoms with Gasteiger partial charge in [0.15, 0.2) is 0 Å². The predicted octanol–water partition coefficient (Wildman–Crippen LogP) is 3.63. The van der Waals surface area contributed by atoms with Gasteiger partial charge in [0.25, 0.3) is 0 Å². The zero-order chi connectivity index (χ0) is 23.4. The highest BCUT2D eigenvalue weighted by atomic mass is 16.5. The minimum Gasteiger partial charge on any atom is -0.490 e. The number of carbonyl (C=O) groups is 1. The molecule has 0 saturated carbocycles. The molecule has 7 heteroatoms. The highest BCUT2D eigenvalue weighted by molar-refractivity contribution is 5.79. The van der Waals surface area contributed by atoms with Crippen molar-refractivity contribution in [2.75, 3.05) is 26.7 Å². The second kappa shape index (κ2) is 10.3. The van der Waals surface area contributed by atoms with E-state index in [0.717, 1.165) is 57.6 Å². The summed E-state index contributed by atoms with van der Waals surface area (Å²) >= 11 is 0. The van der Waals surface area contributed by atoms with Gasteiger partial charge in [0.2, 0.25) is 5.91 Å². The molecule has 0 unspecified atom stereocenters. The smallest absolute Gasteiger partial charge is 0.225 e. The van der Waals surface area contributed by atoms with Gasteiger partial charge in [0.1, 0.15) is 11.9 Å². The molecule has 1 aromatic heterocycles. The monoisotopic (exact) mass is 454 g/mol. The topological polar surface area (TPSA) is 59.8 Å². The first kappa shape index (κ1) is 23.8. The molecular formula is C26H38N4O3. The Labute approximate surface area is 197 Å². The molecule has 4 rings (SSSR count). The zero-order valence-electron chi connectivity index (χ0n) is 20.5. The van der Waals surface area contributed by atoms with Crippen molar-refractivity contribution < 1.29 is 14.3 Å². The van der Waals surface area contributed by atoms with Gasteiger partial charge in [-0.05, 0) is 51.4 Å². The highest BCUT2D eigenvalue weighted by Gasteiger charge is 2.36. The van der Waals surface area contributed by atoms with Crippen LogP contribution in [0.5, 0.6) is 5.75 Å². The molecule has 2 aromatic rings. The molecule has 0 aliphatic carbocycles. The van der Waals surface area contributed by atoms with Crippen molar-refractivity contribution in [3.63, 3.8) is 0 Å². The van der Waals surface area contributed by atoms with Crippen molar-refractivity contribution in [2.45, 2.75) is 64.3 Å². The summed E-state index contributed by atoms with van der Waals surface area (Å²) in [5.41, 5.74) is 2.28. The van der Waals surface area contributed by atoms with E-state index in [9.17, 15) is 4.79 Å². The molecule has 2 aliphatic heterocycles. The second-order valence-corrected chi connectivity index (χ2v) is 10.3. The largest absolute Gasteiger partial charge is 0.490 e. The number of aromatic nitrogens is 2. The number of amides is 1. The zero-order valence-corrected chi connectivity index (χ0v) is 20.5. The van der Waals surface area contributed by atoms with E-state index in [-0.39, 0.29) is 17.6 Å². The average Bonchev–Trinajstić information content (AvgIpc) is 3.18. The van der Waals surface area contributed by atoms with E-state index >= 15 is 0 Å². The van der Waals surface area contributed by atoms with E-state index in [0.29, 0.717) is 12.5 Å². The molecule has 0 radical (unpaired) electrons. The van der Waals surface area contributed by atoms with Crippen molar-refractivity contribution in [3.8, 4) is 5.75 Å². The van der Waals surface area contributed by atoms with Crippen LogP contribution in [0.15, 0.2) is 36.7 Å². The van der Waals surface area contributed by atoms with E-state index in [1.807, 2.05) is 22.8 Å². The van der Waals surface area contributed by atoms with Crippen LogP contribution in [0.2, 0.25) is 0 Å². The van der Waals surface area contributed by atoms with Crippen LogP contribution < -0.4 is 4.74 Å². The third-order valence-electron chi connectivity index (χ3n) is 6.69. The first-order chi connectivity index (χ1) is 15.8. The lowest BCUT2D eigenvalue weighted by molar-refractivity contribution is -0.147. The molecule has 3 heterocycles. The van der Waals surface area contributed by atoms with Crippen LogP contribution in [0.1, 0.15) is 50.7 Å². The summed E-state index contributed by atoms with van der Waals surface area (Å²) < 4.78 is 13.8. The Kier molecular flexibility index (Phi) is 7.39. The van der Waals surface area contributed by atoms with Crippen LogP contribution in [0.4, 0.5) is 0 Å². The number of rotatable bonds is 7. The summed E-state index contributed by atoms with van der Waals surface area (Å²) in [6.45, 7) is 8.13. The maximum atomic E-state index is 13.0. The van der Waals surface area contributed by atoms with E-state index in [2.05, 4.69) is 61.4 Å². The average molecular weight is 455 g/mol. The normalized spacial score (nSPS) is 21.4. The number of hydrogen-bond acceptors (Lipinski definition) is 5. The standard InChI is InChI=1S/C26H38N4O3/c1-26(2)15-22(11-14-32-26)25(31)30-12-9-24(10-13-30)33-23-7-5-20(6-8-23)17-28(3)18-21-16-27-29(4)19-21/h5-8,16,19,22,24H,9-15,17-18H2,1-4H3/t22-/m0/s1. The number of hydrogen-bond donors (Lipinski definition) is 0. The van der Waals surface area contributed by atoms with E-state index in [4.69, 9.17) is 9.47 Å². The molecule has 2 saturated heterocycles. The fourth-order valence-electron chi connectivity index (χ4n) is 4.99. The summed E-state index contributed by atoms with van der Waals surface area (Å²) in [5, 5.41) is 4.23. The number of piperidine rings is 1. The Morgan fingerprint density at radius 2 is 1.85 bits per heavy atom. The molecule has 2 fully saturated rings. The number of aryl methyl sites for hydroxylation is 1. The minimum atomic E-state index is -0.195. The Morgan fingerprint density at radius 1 is 1.15 bits per heavy atom. The van der Waals surface area contributed by atoms with E-state index in [1.165, 1.54) is 11.1 Å². The van der Waals surface area contributed by atoms with Crippen LogP contribution in [-0.4, -0.2) is 63.9 Å². The van der Waals surface area contributed by atoms with Crippen LogP contribution in [0.3, 0.4) is 0 Å². The molecular weight excluding hydrogens is 416 g/mol. The van der Waals surface area contributed by atoms with E-state index < -0.39 is 0 Å². The van der Waals surface area contributed by atoms with Gasteiger partial charge < -0.3 is 14.4 Å². The maximum absolute atomic E-state index is 13.0. The van der Waals surface area contributed by atoms with Gasteiger partial charge in [0.05, 0.1) is 11.8 Å². The molecule has 7 nitrogen and oxygen atoms in total. The Morgan fingerprint density at radius 3 is 2.48 bits per heavy atom. The molecule has 1 amide bonds. The Bertz CT molecular complexity index is 916. The molecule has 1 aromatic carbocycles. The summed E-state index contributed by atoms with van der Waals surface area (Å²) in [4.78, 5) is 17.3. The molecule has 180 valence electrons. The van der Waals surface area contributed by atoms with Crippen LogP contribution in [0, 0.1) is 5.92 Å². The van der Waals surface area contributed by atoms with Crippen LogP contribution in [0.25, 0.3) is 0 Å².